The Bertz CT molecular complexity index is 512. The first-order valence-corrected chi connectivity index (χ1v) is 6.77. The molecule has 0 aliphatic carbocycles. The molecule has 3 nitrogen and oxygen atoms in total. The van der Waals surface area contributed by atoms with Crippen molar-refractivity contribution < 1.29 is 8.76 Å². The van der Waals surface area contributed by atoms with Gasteiger partial charge in [-0.3, -0.25) is 8.51 Å². The predicted octanol–water partition coefficient (Wildman–Crippen LogP) is 3.93. The summed E-state index contributed by atoms with van der Waals surface area (Å²) in [6, 6.07) is 13.1. The van der Waals surface area contributed by atoms with E-state index in [-0.39, 0.29) is 0 Å². The molecule has 0 heterocycles. The topological polar surface area (TPSA) is 43.4 Å². The molecule has 0 radical (unpaired) electrons. The third-order valence-corrected chi connectivity index (χ3v) is 3.50. The van der Waals surface area contributed by atoms with Gasteiger partial charge in [0.25, 0.3) is 0 Å². The lowest BCUT2D eigenvalue weighted by atomic mass is 10.2. The van der Waals surface area contributed by atoms with Crippen LogP contribution in [0.5, 0.6) is 0 Å². The minimum absolute atomic E-state index is 0.509. The summed E-state index contributed by atoms with van der Waals surface area (Å²) in [5.41, 5.74) is 1.02. The van der Waals surface area contributed by atoms with E-state index in [9.17, 15) is 8.76 Å². The summed E-state index contributed by atoms with van der Waals surface area (Å²) in [6.45, 7) is 0. The van der Waals surface area contributed by atoms with Gasteiger partial charge in [0.2, 0.25) is 0 Å². The Hall–Kier alpha value is -1.07. The second-order valence-electron chi connectivity index (χ2n) is 3.46. The average molecular weight is 301 g/mol. The lowest BCUT2D eigenvalue weighted by molar-refractivity contribution is 0.537. The maximum atomic E-state index is 11.3. The van der Waals surface area contributed by atoms with Crippen molar-refractivity contribution in [1.29, 1.82) is 0 Å². The van der Waals surface area contributed by atoms with Gasteiger partial charge >= 0.3 is 0 Å². The number of nitrogens with zero attached hydrogens (tertiary/aromatic N) is 1. The molecule has 6 heteroatoms. The molecule has 1 unspecified atom stereocenters. The molecule has 2 rings (SSSR count). The summed E-state index contributed by atoms with van der Waals surface area (Å²) in [5, 5.41) is 1.10. The van der Waals surface area contributed by atoms with Crippen molar-refractivity contribution in [3.63, 3.8) is 0 Å². The summed E-state index contributed by atoms with van der Waals surface area (Å²) < 4.78 is 23.8. The van der Waals surface area contributed by atoms with Crippen molar-refractivity contribution in [2.24, 2.45) is 0 Å². The molecule has 0 amide bonds. The second-order valence-corrected chi connectivity index (χ2v) is 5.14. The Morgan fingerprint density at radius 2 is 1.17 bits per heavy atom. The molecule has 2 aromatic rings. The highest BCUT2D eigenvalue weighted by Crippen LogP contribution is 2.28. The SMILES string of the molecule is O=S([O-])N(c1ccc(Cl)cc1)c1ccc(Cl)cc1. The molecule has 0 bridgehead atoms. The van der Waals surface area contributed by atoms with E-state index in [1.807, 2.05) is 0 Å². The van der Waals surface area contributed by atoms with Crippen LogP contribution in [0.25, 0.3) is 0 Å². The second kappa shape index (κ2) is 5.71. The van der Waals surface area contributed by atoms with E-state index in [0.29, 0.717) is 21.4 Å². The summed E-state index contributed by atoms with van der Waals surface area (Å²) in [5.74, 6) is 0. The van der Waals surface area contributed by atoms with Crippen LogP contribution in [-0.4, -0.2) is 8.76 Å². The normalized spacial score (nSPS) is 12.2. The zero-order chi connectivity index (χ0) is 13.1. The lowest BCUT2D eigenvalue weighted by Crippen LogP contribution is -2.19. The number of rotatable bonds is 3. The number of anilines is 2. The largest absolute Gasteiger partial charge is 0.755 e. The van der Waals surface area contributed by atoms with Gasteiger partial charge in [0.15, 0.2) is 0 Å². The molecule has 94 valence electrons. The van der Waals surface area contributed by atoms with E-state index in [2.05, 4.69) is 0 Å². The van der Waals surface area contributed by atoms with Gasteiger partial charge in [0.05, 0.1) is 22.6 Å². The summed E-state index contributed by atoms with van der Waals surface area (Å²) >= 11 is 9.12. The van der Waals surface area contributed by atoms with Crippen LogP contribution in [0.4, 0.5) is 11.4 Å². The summed E-state index contributed by atoms with van der Waals surface area (Å²) in [6.07, 6.45) is 0. The minimum atomic E-state index is -2.42. The van der Waals surface area contributed by atoms with Gasteiger partial charge in [-0.25, -0.2) is 0 Å². The molecule has 0 N–H and O–H groups in total. The number of hydrogen-bond acceptors (Lipinski definition) is 2. The number of hydrogen-bond donors (Lipinski definition) is 0. The van der Waals surface area contributed by atoms with E-state index in [0.717, 1.165) is 4.31 Å². The Morgan fingerprint density at radius 3 is 1.44 bits per heavy atom. The smallest absolute Gasteiger partial charge is 0.0539 e. The first kappa shape index (κ1) is 13.4. The zero-order valence-corrected chi connectivity index (χ0v) is 11.4. The third kappa shape index (κ3) is 3.03. The van der Waals surface area contributed by atoms with Crippen LogP contribution in [0.15, 0.2) is 48.5 Å². The lowest BCUT2D eigenvalue weighted by Gasteiger charge is -2.26. The molecule has 2 aromatic carbocycles. The fraction of sp³-hybridized carbons (Fsp3) is 0. The van der Waals surface area contributed by atoms with Crippen molar-refractivity contribution in [3.05, 3.63) is 58.6 Å². The number of halogens is 2. The molecule has 18 heavy (non-hydrogen) atoms. The Balaban J connectivity index is 2.43. The van der Waals surface area contributed by atoms with Crippen LogP contribution in [0, 0.1) is 0 Å². The summed E-state index contributed by atoms with van der Waals surface area (Å²) in [7, 11) is 0. The van der Waals surface area contributed by atoms with Crippen molar-refractivity contribution in [2.75, 3.05) is 4.31 Å². The molecular weight excluding hydrogens is 293 g/mol. The molecule has 0 aromatic heterocycles. The van der Waals surface area contributed by atoms with E-state index < -0.39 is 11.3 Å². The van der Waals surface area contributed by atoms with Gasteiger partial charge in [-0.1, -0.05) is 23.2 Å². The van der Waals surface area contributed by atoms with Crippen molar-refractivity contribution in [2.45, 2.75) is 0 Å². The Kier molecular flexibility index (Phi) is 4.24. The van der Waals surface area contributed by atoms with Crippen LogP contribution < -0.4 is 4.31 Å². The van der Waals surface area contributed by atoms with Crippen molar-refractivity contribution in [1.82, 2.24) is 0 Å². The fourth-order valence-corrected chi connectivity index (χ4v) is 2.31. The maximum absolute atomic E-state index is 11.3. The third-order valence-electron chi connectivity index (χ3n) is 2.27. The zero-order valence-electron chi connectivity index (χ0n) is 9.05. The molecule has 0 aliphatic rings. The highest BCUT2D eigenvalue weighted by molar-refractivity contribution is 7.81. The van der Waals surface area contributed by atoms with E-state index in [4.69, 9.17) is 23.2 Å². The monoisotopic (exact) mass is 300 g/mol. The van der Waals surface area contributed by atoms with Crippen LogP contribution in [0.3, 0.4) is 0 Å². The molecule has 0 saturated carbocycles. The predicted molar refractivity (Wildman–Crippen MR) is 74.0 cm³/mol. The Labute approximate surface area is 117 Å². The van der Waals surface area contributed by atoms with Gasteiger partial charge in [-0.15, -0.1) is 0 Å². The van der Waals surface area contributed by atoms with E-state index >= 15 is 0 Å². The van der Waals surface area contributed by atoms with Crippen LogP contribution >= 0.6 is 23.2 Å². The van der Waals surface area contributed by atoms with E-state index in [1.54, 1.807) is 48.5 Å². The average Bonchev–Trinajstić information content (AvgIpc) is 2.34. The summed E-state index contributed by atoms with van der Waals surface area (Å²) in [4.78, 5) is 0. The maximum Gasteiger partial charge on any atom is 0.0539 e. The van der Waals surface area contributed by atoms with Gasteiger partial charge in [0, 0.05) is 10.0 Å². The van der Waals surface area contributed by atoms with Gasteiger partial charge in [-0.2, -0.15) is 0 Å². The highest BCUT2D eigenvalue weighted by Gasteiger charge is 2.09. The Morgan fingerprint density at radius 1 is 0.833 bits per heavy atom. The van der Waals surface area contributed by atoms with Gasteiger partial charge in [0.1, 0.15) is 0 Å². The number of benzene rings is 2. The molecule has 0 fully saturated rings. The van der Waals surface area contributed by atoms with Gasteiger partial charge < -0.3 is 4.55 Å². The van der Waals surface area contributed by atoms with Crippen LogP contribution in [-0.2, 0) is 11.3 Å². The fourth-order valence-electron chi connectivity index (χ4n) is 1.47. The molecule has 0 saturated heterocycles. The molecule has 1 atom stereocenters. The standard InChI is InChI=1S/C12H9Cl2NO2S/c13-9-1-5-11(6-2-9)15(18(16)17)12-7-3-10(14)4-8-12/h1-8H,(H,16,17)/p-1. The first-order valence-electron chi connectivity index (χ1n) is 4.98. The van der Waals surface area contributed by atoms with Gasteiger partial charge in [-0.05, 0) is 48.5 Å². The quantitative estimate of drug-likeness (QED) is 0.806. The minimum Gasteiger partial charge on any atom is -0.755 e. The van der Waals surface area contributed by atoms with Crippen molar-refractivity contribution >= 4 is 45.8 Å². The van der Waals surface area contributed by atoms with E-state index in [1.165, 1.54) is 0 Å². The first-order chi connectivity index (χ1) is 8.58. The molecule has 0 spiro atoms. The highest BCUT2D eigenvalue weighted by atomic mass is 35.5. The molecular formula is C12H8Cl2NO2S-. The van der Waals surface area contributed by atoms with Crippen molar-refractivity contribution in [3.8, 4) is 0 Å². The van der Waals surface area contributed by atoms with Crippen LogP contribution in [0.2, 0.25) is 10.0 Å². The molecule has 0 aliphatic heterocycles. The van der Waals surface area contributed by atoms with Crippen LogP contribution in [0.1, 0.15) is 0 Å².